The van der Waals surface area contributed by atoms with E-state index in [1.165, 1.54) is 5.56 Å². The molecule has 0 aliphatic rings. The van der Waals surface area contributed by atoms with Gasteiger partial charge in [-0.2, -0.15) is 9.61 Å². The number of hydrogen-bond acceptors (Lipinski definition) is 4. The maximum atomic E-state index is 4.56. The Morgan fingerprint density at radius 2 is 1.85 bits per heavy atom. The summed E-state index contributed by atoms with van der Waals surface area (Å²) >= 11 is 0. The van der Waals surface area contributed by atoms with Crippen LogP contribution in [0.5, 0.6) is 0 Å². The molecule has 0 radical (unpaired) electrons. The van der Waals surface area contributed by atoms with E-state index in [1.807, 2.05) is 55.3 Å². The fourth-order valence-corrected chi connectivity index (χ4v) is 2.97. The highest BCUT2D eigenvalue weighted by atomic mass is 15.3. The number of nitrogens with zero attached hydrogens (tertiary/aromatic N) is 4. The van der Waals surface area contributed by atoms with Crippen molar-refractivity contribution in [3.8, 4) is 11.1 Å². The predicted octanol–water partition coefficient (Wildman–Crippen LogP) is 4.07. The van der Waals surface area contributed by atoms with E-state index < -0.39 is 0 Å². The maximum Gasteiger partial charge on any atom is 0.165 e. The summed E-state index contributed by atoms with van der Waals surface area (Å²) in [5, 5.41) is 8.01. The first kappa shape index (κ1) is 16.1. The average Bonchev–Trinajstić information content (AvgIpc) is 3.12. The third-order valence-corrected chi connectivity index (χ3v) is 4.39. The number of fused-ring (bicyclic) bond motifs is 1. The molecule has 26 heavy (non-hydrogen) atoms. The topological polar surface area (TPSA) is 45.5 Å². The van der Waals surface area contributed by atoms with Gasteiger partial charge in [-0.25, -0.2) is 4.98 Å². The first-order chi connectivity index (χ1) is 12.7. The molecule has 0 spiro atoms. The summed E-state index contributed by atoms with van der Waals surface area (Å²) in [4.78, 5) is 6.65. The second kappa shape index (κ2) is 6.88. The molecule has 0 unspecified atom stereocenters. The summed E-state index contributed by atoms with van der Waals surface area (Å²) < 4.78 is 1.86. The molecular weight excluding hydrogens is 322 g/mol. The minimum atomic E-state index is 0.741. The zero-order valence-electron chi connectivity index (χ0n) is 14.9. The minimum Gasteiger partial charge on any atom is -0.378 e. The first-order valence-electron chi connectivity index (χ1n) is 8.61. The first-order valence-corrected chi connectivity index (χ1v) is 8.61. The Morgan fingerprint density at radius 1 is 1.00 bits per heavy atom. The number of rotatable bonds is 5. The quantitative estimate of drug-likeness (QED) is 0.593. The molecule has 4 aromatic rings. The standard InChI is InChI=1S/C21H21N5/c1-25(2)18-10-6-9-17(13-18)19-15-24-26-20(11-12-22-21(19)26)23-14-16-7-4-3-5-8-16/h3-13,15,23H,14H2,1-2H3. The van der Waals surface area contributed by atoms with Gasteiger partial charge in [0.2, 0.25) is 0 Å². The summed E-state index contributed by atoms with van der Waals surface area (Å²) in [7, 11) is 4.08. The van der Waals surface area contributed by atoms with Gasteiger partial charge in [0.1, 0.15) is 5.82 Å². The maximum absolute atomic E-state index is 4.56. The lowest BCUT2D eigenvalue weighted by Crippen LogP contribution is -2.08. The van der Waals surface area contributed by atoms with Gasteiger partial charge in [0, 0.05) is 38.1 Å². The van der Waals surface area contributed by atoms with E-state index in [0.717, 1.165) is 34.8 Å². The van der Waals surface area contributed by atoms with Crippen LogP contribution < -0.4 is 10.2 Å². The molecule has 0 fully saturated rings. The number of hydrogen-bond donors (Lipinski definition) is 1. The van der Waals surface area contributed by atoms with E-state index in [1.54, 1.807) is 0 Å². The van der Waals surface area contributed by atoms with Gasteiger partial charge >= 0.3 is 0 Å². The summed E-state index contributed by atoms with van der Waals surface area (Å²) in [6.07, 6.45) is 3.70. The molecule has 5 nitrogen and oxygen atoms in total. The normalized spacial score (nSPS) is 10.8. The fourth-order valence-electron chi connectivity index (χ4n) is 2.97. The van der Waals surface area contributed by atoms with Crippen LogP contribution in [0, 0.1) is 0 Å². The highest BCUT2D eigenvalue weighted by Gasteiger charge is 2.11. The van der Waals surface area contributed by atoms with Crippen molar-refractivity contribution < 1.29 is 0 Å². The zero-order chi connectivity index (χ0) is 17.9. The molecule has 0 aliphatic heterocycles. The lowest BCUT2D eigenvalue weighted by atomic mass is 10.1. The van der Waals surface area contributed by atoms with Crippen molar-refractivity contribution in [3.05, 3.63) is 78.6 Å². The third kappa shape index (κ3) is 3.11. The number of benzene rings is 2. The molecule has 2 aromatic heterocycles. The zero-order valence-corrected chi connectivity index (χ0v) is 14.9. The van der Waals surface area contributed by atoms with E-state index in [4.69, 9.17) is 0 Å². The van der Waals surface area contributed by atoms with Crippen molar-refractivity contribution in [3.63, 3.8) is 0 Å². The lowest BCUT2D eigenvalue weighted by Gasteiger charge is -2.13. The molecule has 0 bridgehead atoms. The molecule has 0 atom stereocenters. The van der Waals surface area contributed by atoms with E-state index in [9.17, 15) is 0 Å². The van der Waals surface area contributed by atoms with Gasteiger partial charge in [0.05, 0.1) is 6.20 Å². The van der Waals surface area contributed by atoms with E-state index in [0.29, 0.717) is 0 Å². The second-order valence-corrected chi connectivity index (χ2v) is 6.41. The molecule has 2 heterocycles. The van der Waals surface area contributed by atoms with E-state index in [2.05, 4.69) is 56.7 Å². The van der Waals surface area contributed by atoms with Crippen LogP contribution >= 0.6 is 0 Å². The SMILES string of the molecule is CN(C)c1cccc(-c2cnn3c(NCc4ccccc4)ccnc23)c1. The molecule has 0 saturated carbocycles. The Bertz CT molecular complexity index is 1020. The molecular formula is C21H21N5. The minimum absolute atomic E-state index is 0.741. The third-order valence-electron chi connectivity index (χ3n) is 4.39. The Balaban J connectivity index is 1.68. The largest absolute Gasteiger partial charge is 0.378 e. The molecule has 0 aliphatic carbocycles. The number of aromatic nitrogens is 3. The van der Waals surface area contributed by atoms with Crippen molar-refractivity contribution in [2.24, 2.45) is 0 Å². The van der Waals surface area contributed by atoms with Crippen LogP contribution in [0.2, 0.25) is 0 Å². The van der Waals surface area contributed by atoms with Crippen molar-refractivity contribution in [2.75, 3.05) is 24.3 Å². The van der Waals surface area contributed by atoms with Crippen LogP contribution in [-0.4, -0.2) is 28.7 Å². The molecule has 4 rings (SSSR count). The number of anilines is 2. The predicted molar refractivity (Wildman–Crippen MR) is 107 cm³/mol. The van der Waals surface area contributed by atoms with Crippen LogP contribution in [0.15, 0.2) is 73.1 Å². The summed E-state index contributed by atoms with van der Waals surface area (Å²) in [6.45, 7) is 0.741. The smallest absolute Gasteiger partial charge is 0.165 e. The van der Waals surface area contributed by atoms with Gasteiger partial charge in [0.15, 0.2) is 5.65 Å². The molecule has 130 valence electrons. The molecule has 1 N–H and O–H groups in total. The van der Waals surface area contributed by atoms with Gasteiger partial charge in [-0.1, -0.05) is 42.5 Å². The molecule has 2 aromatic carbocycles. The van der Waals surface area contributed by atoms with Crippen LogP contribution in [0.4, 0.5) is 11.5 Å². The summed E-state index contributed by atoms with van der Waals surface area (Å²) in [6, 6.07) is 20.7. The molecule has 0 amide bonds. The Hall–Kier alpha value is -3.34. The number of nitrogens with one attached hydrogen (secondary N) is 1. The van der Waals surface area contributed by atoms with Gasteiger partial charge in [-0.15, -0.1) is 0 Å². The fraction of sp³-hybridized carbons (Fsp3) is 0.143. The Kier molecular flexibility index (Phi) is 4.27. The van der Waals surface area contributed by atoms with E-state index >= 15 is 0 Å². The summed E-state index contributed by atoms with van der Waals surface area (Å²) in [5.74, 6) is 0.925. The lowest BCUT2D eigenvalue weighted by molar-refractivity contribution is 0.925. The highest BCUT2D eigenvalue weighted by Crippen LogP contribution is 2.27. The van der Waals surface area contributed by atoms with Gasteiger partial charge in [-0.05, 0) is 29.3 Å². The van der Waals surface area contributed by atoms with Crippen molar-refractivity contribution >= 4 is 17.2 Å². The van der Waals surface area contributed by atoms with Gasteiger partial charge < -0.3 is 10.2 Å². The monoisotopic (exact) mass is 343 g/mol. The second-order valence-electron chi connectivity index (χ2n) is 6.41. The van der Waals surface area contributed by atoms with Crippen molar-refractivity contribution in [1.82, 2.24) is 14.6 Å². The van der Waals surface area contributed by atoms with Crippen LogP contribution in [0.1, 0.15) is 5.56 Å². The Labute approximate surface area is 152 Å². The molecule has 0 saturated heterocycles. The van der Waals surface area contributed by atoms with Crippen LogP contribution in [0.25, 0.3) is 16.8 Å². The van der Waals surface area contributed by atoms with Gasteiger partial charge in [0.25, 0.3) is 0 Å². The van der Waals surface area contributed by atoms with Crippen molar-refractivity contribution in [1.29, 1.82) is 0 Å². The summed E-state index contributed by atoms with van der Waals surface area (Å²) in [5.41, 5.74) is 5.36. The van der Waals surface area contributed by atoms with Crippen molar-refractivity contribution in [2.45, 2.75) is 6.54 Å². The van der Waals surface area contributed by atoms with Crippen LogP contribution in [-0.2, 0) is 6.54 Å². The highest BCUT2D eigenvalue weighted by molar-refractivity contribution is 5.79. The van der Waals surface area contributed by atoms with E-state index in [-0.39, 0.29) is 0 Å². The van der Waals surface area contributed by atoms with Crippen LogP contribution in [0.3, 0.4) is 0 Å². The Morgan fingerprint density at radius 3 is 2.65 bits per heavy atom. The van der Waals surface area contributed by atoms with Gasteiger partial charge in [-0.3, -0.25) is 0 Å². The average molecular weight is 343 g/mol. The molecule has 5 heteroatoms.